The molecule has 0 bridgehead atoms. The van der Waals surface area contributed by atoms with Gasteiger partial charge in [0.15, 0.2) is 11.5 Å². The molecule has 2 N–H and O–H groups in total. The Morgan fingerprint density at radius 2 is 1.97 bits per heavy atom. The predicted octanol–water partition coefficient (Wildman–Crippen LogP) is 4.68. The lowest BCUT2D eigenvalue weighted by molar-refractivity contribution is -0.0515. The van der Waals surface area contributed by atoms with Crippen LogP contribution in [0.4, 0.5) is 17.6 Å². The minimum absolute atomic E-state index is 0.00478. The number of carbonyl (C=O) groups excluding carboxylic acids is 1. The van der Waals surface area contributed by atoms with E-state index in [2.05, 4.69) is 20.0 Å². The zero-order chi connectivity index (χ0) is 22.7. The zero-order valence-corrected chi connectivity index (χ0v) is 16.7. The van der Waals surface area contributed by atoms with Gasteiger partial charge < -0.3 is 19.8 Å². The summed E-state index contributed by atoms with van der Waals surface area (Å²) in [6.07, 6.45) is 3.34. The molecule has 1 aliphatic rings. The number of rotatable bonds is 9. The Hall–Kier alpha value is -3.56. The molecule has 4 rings (SSSR count). The minimum atomic E-state index is -2.99. The van der Waals surface area contributed by atoms with Crippen LogP contribution in [0.3, 0.4) is 0 Å². The lowest BCUT2D eigenvalue weighted by atomic mass is 10.2. The number of H-pyrrole nitrogens is 1. The average molecular weight is 449 g/mol. The molecule has 1 aromatic heterocycles. The predicted molar refractivity (Wildman–Crippen MR) is 106 cm³/mol. The van der Waals surface area contributed by atoms with Gasteiger partial charge in [-0.05, 0) is 55.2 Å². The lowest BCUT2D eigenvalue weighted by Gasteiger charge is -2.13. The average Bonchev–Trinajstić information content (AvgIpc) is 3.46. The van der Waals surface area contributed by atoms with Crippen LogP contribution in [0, 0.1) is 17.6 Å². The van der Waals surface area contributed by atoms with Crippen LogP contribution in [0.2, 0.25) is 0 Å². The number of nitrogens with one attached hydrogen (secondary N) is 2. The number of hydrogen-bond acceptors (Lipinski definition) is 4. The molecule has 1 fully saturated rings. The SMILES string of the molecule is O=C(NCc1cc(F)ccc1F)c1cnc(-c2ccc(OC(F)F)c(OCC3CC3)c2)[nH]1. The van der Waals surface area contributed by atoms with E-state index in [1.807, 2.05) is 0 Å². The Balaban J connectivity index is 1.47. The van der Waals surface area contributed by atoms with E-state index >= 15 is 0 Å². The molecule has 1 amide bonds. The van der Waals surface area contributed by atoms with Gasteiger partial charge >= 0.3 is 6.61 Å². The van der Waals surface area contributed by atoms with Crippen LogP contribution >= 0.6 is 0 Å². The van der Waals surface area contributed by atoms with E-state index in [4.69, 9.17) is 4.74 Å². The van der Waals surface area contributed by atoms with Crippen molar-refractivity contribution in [3.05, 3.63) is 65.5 Å². The van der Waals surface area contributed by atoms with Crippen LogP contribution in [-0.2, 0) is 6.54 Å². The van der Waals surface area contributed by atoms with Crippen molar-refractivity contribution in [2.75, 3.05) is 6.61 Å². The number of imidazole rings is 1. The number of ether oxygens (including phenoxy) is 2. The van der Waals surface area contributed by atoms with Gasteiger partial charge in [-0.25, -0.2) is 13.8 Å². The third-order valence-corrected chi connectivity index (χ3v) is 4.87. The summed E-state index contributed by atoms with van der Waals surface area (Å²) < 4.78 is 62.5. The fraction of sp³-hybridized carbons (Fsp3) is 0.273. The molecule has 1 saturated carbocycles. The molecule has 10 heteroatoms. The number of hydrogen-bond donors (Lipinski definition) is 2. The first-order chi connectivity index (χ1) is 15.4. The van der Waals surface area contributed by atoms with Crippen LogP contribution in [0.25, 0.3) is 11.4 Å². The molecule has 0 aliphatic heterocycles. The summed E-state index contributed by atoms with van der Waals surface area (Å²) in [5.41, 5.74) is 0.586. The maximum atomic E-state index is 13.7. The number of nitrogens with zero attached hydrogens (tertiary/aromatic N) is 1. The zero-order valence-electron chi connectivity index (χ0n) is 16.7. The van der Waals surface area contributed by atoms with Gasteiger partial charge in [-0.15, -0.1) is 0 Å². The van der Waals surface area contributed by atoms with E-state index in [0.717, 1.165) is 31.0 Å². The van der Waals surface area contributed by atoms with Gasteiger partial charge in [-0.3, -0.25) is 4.79 Å². The number of halogens is 4. The molecule has 0 radical (unpaired) electrons. The second-order valence-corrected chi connectivity index (χ2v) is 7.36. The van der Waals surface area contributed by atoms with Crippen molar-refractivity contribution < 1.29 is 31.8 Å². The molecule has 168 valence electrons. The summed E-state index contributed by atoms with van der Waals surface area (Å²) in [6.45, 7) is -2.81. The lowest BCUT2D eigenvalue weighted by Crippen LogP contribution is -2.23. The number of aromatic amines is 1. The maximum absolute atomic E-state index is 13.7. The van der Waals surface area contributed by atoms with Crippen LogP contribution in [0.1, 0.15) is 28.9 Å². The van der Waals surface area contributed by atoms with Crippen molar-refractivity contribution in [2.24, 2.45) is 5.92 Å². The molecule has 3 aromatic rings. The highest BCUT2D eigenvalue weighted by molar-refractivity contribution is 5.92. The van der Waals surface area contributed by atoms with Crippen molar-refractivity contribution >= 4 is 5.91 Å². The fourth-order valence-corrected chi connectivity index (χ4v) is 2.99. The number of benzene rings is 2. The minimum Gasteiger partial charge on any atom is -0.489 e. The van der Waals surface area contributed by atoms with Crippen molar-refractivity contribution in [2.45, 2.75) is 26.0 Å². The Morgan fingerprint density at radius 1 is 1.16 bits per heavy atom. The summed E-state index contributed by atoms with van der Waals surface area (Å²) in [6, 6.07) is 7.32. The molecule has 2 aromatic carbocycles. The highest BCUT2D eigenvalue weighted by atomic mass is 19.3. The molecule has 0 unspecified atom stereocenters. The molecule has 1 heterocycles. The first kappa shape index (κ1) is 21.7. The molecule has 0 atom stereocenters. The van der Waals surface area contributed by atoms with Crippen molar-refractivity contribution in [3.63, 3.8) is 0 Å². The molecular weight excluding hydrogens is 430 g/mol. The molecule has 0 saturated heterocycles. The van der Waals surface area contributed by atoms with Crippen LogP contribution in [0.15, 0.2) is 42.6 Å². The van der Waals surface area contributed by atoms with Gasteiger partial charge in [0.1, 0.15) is 23.2 Å². The van der Waals surface area contributed by atoms with E-state index in [0.29, 0.717) is 23.9 Å². The van der Waals surface area contributed by atoms with E-state index in [1.165, 1.54) is 24.4 Å². The highest BCUT2D eigenvalue weighted by Gasteiger charge is 2.23. The quantitative estimate of drug-likeness (QED) is 0.466. The smallest absolute Gasteiger partial charge is 0.387 e. The largest absolute Gasteiger partial charge is 0.489 e. The van der Waals surface area contributed by atoms with Gasteiger partial charge in [-0.1, -0.05) is 0 Å². The van der Waals surface area contributed by atoms with Crippen LogP contribution in [-0.4, -0.2) is 29.1 Å². The summed E-state index contributed by atoms with van der Waals surface area (Å²) in [5.74, 6) is -1.06. The Morgan fingerprint density at radius 3 is 2.72 bits per heavy atom. The Kier molecular flexibility index (Phi) is 6.29. The van der Waals surface area contributed by atoms with Gasteiger partial charge in [0.25, 0.3) is 5.91 Å². The monoisotopic (exact) mass is 449 g/mol. The topological polar surface area (TPSA) is 76.2 Å². The summed E-state index contributed by atoms with van der Waals surface area (Å²) >= 11 is 0. The number of aromatic nitrogens is 2. The normalized spacial score (nSPS) is 13.3. The van der Waals surface area contributed by atoms with Gasteiger partial charge in [0, 0.05) is 17.7 Å². The molecule has 1 aliphatic carbocycles. The van der Waals surface area contributed by atoms with E-state index in [9.17, 15) is 22.4 Å². The first-order valence-electron chi connectivity index (χ1n) is 9.88. The standard InChI is InChI=1S/C22H19F4N3O3/c23-15-4-5-16(24)14(7-15)9-28-21(30)17-10-27-20(29-17)13-3-6-18(32-22(25)26)19(8-13)31-11-12-1-2-12/h3-8,10,12,22H,1-2,9,11H2,(H,27,29)(H,28,30). The second kappa shape index (κ2) is 9.29. The maximum Gasteiger partial charge on any atom is 0.387 e. The second-order valence-electron chi connectivity index (χ2n) is 7.36. The number of carbonyl (C=O) groups is 1. The van der Waals surface area contributed by atoms with Crippen LogP contribution < -0.4 is 14.8 Å². The Labute approximate surface area is 180 Å². The summed E-state index contributed by atoms with van der Waals surface area (Å²) in [4.78, 5) is 19.3. The van der Waals surface area contributed by atoms with Gasteiger partial charge in [0.2, 0.25) is 0 Å². The van der Waals surface area contributed by atoms with Crippen LogP contribution in [0.5, 0.6) is 11.5 Å². The van der Waals surface area contributed by atoms with E-state index in [1.54, 1.807) is 0 Å². The summed E-state index contributed by atoms with van der Waals surface area (Å²) in [5, 5.41) is 2.48. The molecule has 6 nitrogen and oxygen atoms in total. The highest BCUT2D eigenvalue weighted by Crippen LogP contribution is 2.36. The number of alkyl halides is 2. The van der Waals surface area contributed by atoms with Gasteiger partial charge in [-0.2, -0.15) is 8.78 Å². The first-order valence-corrected chi connectivity index (χ1v) is 9.88. The third kappa shape index (κ3) is 5.37. The van der Waals surface area contributed by atoms with Crippen molar-refractivity contribution in [3.8, 4) is 22.9 Å². The number of amides is 1. The Bertz CT molecular complexity index is 1120. The van der Waals surface area contributed by atoms with E-state index in [-0.39, 0.29) is 29.3 Å². The molecule has 0 spiro atoms. The third-order valence-electron chi connectivity index (χ3n) is 4.87. The van der Waals surface area contributed by atoms with E-state index < -0.39 is 24.2 Å². The molecule has 32 heavy (non-hydrogen) atoms. The van der Waals surface area contributed by atoms with Crippen molar-refractivity contribution in [1.82, 2.24) is 15.3 Å². The summed E-state index contributed by atoms with van der Waals surface area (Å²) in [7, 11) is 0. The van der Waals surface area contributed by atoms with Crippen molar-refractivity contribution in [1.29, 1.82) is 0 Å². The fourth-order valence-electron chi connectivity index (χ4n) is 2.99. The van der Waals surface area contributed by atoms with Gasteiger partial charge in [0.05, 0.1) is 12.8 Å². The molecular formula is C22H19F4N3O3.